The number of hydrogen-bond acceptors (Lipinski definition) is 3. The lowest BCUT2D eigenvalue weighted by Crippen LogP contribution is -2.39. The monoisotopic (exact) mass is 320 g/mol. The zero-order valence-corrected chi connectivity index (χ0v) is 14.5. The molecule has 0 heterocycles. The molecule has 0 aromatic heterocycles. The largest absolute Gasteiger partial charge is 0.496 e. The summed E-state index contributed by atoms with van der Waals surface area (Å²) in [6.45, 7) is 5.93. The highest BCUT2D eigenvalue weighted by Gasteiger charge is 2.05. The van der Waals surface area contributed by atoms with Crippen molar-refractivity contribution in [3.8, 4) is 5.75 Å². The van der Waals surface area contributed by atoms with Gasteiger partial charge >= 0.3 is 0 Å². The van der Waals surface area contributed by atoms with E-state index in [0.29, 0.717) is 25.5 Å². The summed E-state index contributed by atoms with van der Waals surface area (Å²) in [5.41, 5.74) is 2.22. The second kappa shape index (κ2) is 10.5. The maximum atomic E-state index is 11.5. The van der Waals surface area contributed by atoms with Crippen molar-refractivity contribution in [2.45, 2.75) is 33.2 Å². The number of ether oxygens (including phenoxy) is 1. The van der Waals surface area contributed by atoms with Crippen LogP contribution in [0.15, 0.2) is 23.2 Å². The van der Waals surface area contributed by atoms with Gasteiger partial charge in [-0.1, -0.05) is 19.1 Å². The van der Waals surface area contributed by atoms with Crippen LogP contribution in [-0.4, -0.2) is 39.1 Å². The number of methoxy groups -OCH3 is 1. The summed E-state index contributed by atoms with van der Waals surface area (Å²) >= 11 is 0. The number of aryl methyl sites for hydroxylation is 1. The van der Waals surface area contributed by atoms with E-state index in [9.17, 15) is 4.79 Å². The van der Waals surface area contributed by atoms with Crippen molar-refractivity contribution in [2.24, 2.45) is 4.99 Å². The van der Waals surface area contributed by atoms with E-state index in [1.54, 1.807) is 14.2 Å². The predicted octanol–water partition coefficient (Wildman–Crippen LogP) is 1.58. The van der Waals surface area contributed by atoms with E-state index >= 15 is 0 Å². The molecule has 128 valence electrons. The normalized spacial score (nSPS) is 11.0. The van der Waals surface area contributed by atoms with E-state index in [1.807, 2.05) is 32.0 Å². The Hall–Kier alpha value is -2.24. The molecule has 6 heteroatoms. The molecule has 0 spiro atoms. The van der Waals surface area contributed by atoms with Crippen LogP contribution in [-0.2, 0) is 11.3 Å². The molecule has 0 aliphatic heterocycles. The van der Waals surface area contributed by atoms with E-state index < -0.39 is 0 Å². The van der Waals surface area contributed by atoms with Crippen LogP contribution in [0.3, 0.4) is 0 Å². The fraction of sp³-hybridized carbons (Fsp3) is 0.529. The average molecular weight is 320 g/mol. The molecule has 0 saturated carbocycles. The van der Waals surface area contributed by atoms with Crippen molar-refractivity contribution < 1.29 is 9.53 Å². The molecule has 1 amide bonds. The third-order valence-electron chi connectivity index (χ3n) is 3.33. The smallest absolute Gasteiger partial charge is 0.221 e. The number of carbonyl (C=O) groups excluding carboxylic acids is 1. The second-order valence-electron chi connectivity index (χ2n) is 5.27. The minimum atomic E-state index is 0.0509. The highest BCUT2D eigenvalue weighted by Crippen LogP contribution is 2.19. The molecule has 1 rings (SSSR count). The fourth-order valence-electron chi connectivity index (χ4n) is 2.04. The third kappa shape index (κ3) is 7.04. The minimum absolute atomic E-state index is 0.0509. The zero-order valence-electron chi connectivity index (χ0n) is 14.5. The molecule has 0 aliphatic carbocycles. The van der Waals surface area contributed by atoms with Crippen LogP contribution in [0.4, 0.5) is 0 Å². The predicted molar refractivity (Wildman–Crippen MR) is 93.9 cm³/mol. The topological polar surface area (TPSA) is 74.8 Å². The molecule has 0 fully saturated rings. The molecule has 1 aromatic carbocycles. The van der Waals surface area contributed by atoms with E-state index in [2.05, 4.69) is 20.9 Å². The number of rotatable bonds is 8. The molecule has 6 nitrogen and oxygen atoms in total. The first-order valence-electron chi connectivity index (χ1n) is 7.95. The van der Waals surface area contributed by atoms with Crippen molar-refractivity contribution in [1.29, 1.82) is 0 Å². The van der Waals surface area contributed by atoms with Crippen LogP contribution < -0.4 is 20.7 Å². The van der Waals surface area contributed by atoms with Gasteiger partial charge in [0.05, 0.1) is 7.11 Å². The lowest BCUT2D eigenvalue weighted by Gasteiger charge is -2.14. The molecule has 1 aromatic rings. The van der Waals surface area contributed by atoms with Crippen molar-refractivity contribution in [3.63, 3.8) is 0 Å². The number of nitrogens with one attached hydrogen (secondary N) is 3. The molecule has 0 unspecified atom stereocenters. The lowest BCUT2D eigenvalue weighted by atomic mass is 10.1. The Kier molecular flexibility index (Phi) is 8.57. The SMILES string of the molecule is CCCNC(=O)CCNC(=NC)NCc1ccc(C)cc1OC. The molecule has 3 N–H and O–H groups in total. The zero-order chi connectivity index (χ0) is 17.1. The van der Waals surface area contributed by atoms with Crippen LogP contribution in [0, 0.1) is 6.92 Å². The number of guanidine groups is 1. The third-order valence-corrected chi connectivity index (χ3v) is 3.33. The summed E-state index contributed by atoms with van der Waals surface area (Å²) in [5.74, 6) is 1.57. The van der Waals surface area contributed by atoms with Gasteiger partial charge in [-0.25, -0.2) is 0 Å². The standard InChI is InChI=1S/C17H28N4O2/c1-5-9-19-16(22)8-10-20-17(18-3)21-12-14-7-6-13(2)11-15(14)23-4/h6-7,11H,5,8-10,12H2,1-4H3,(H,19,22)(H2,18,20,21). The maximum Gasteiger partial charge on any atom is 0.221 e. The maximum absolute atomic E-state index is 11.5. The lowest BCUT2D eigenvalue weighted by molar-refractivity contribution is -0.120. The van der Waals surface area contributed by atoms with Gasteiger partial charge in [0.15, 0.2) is 5.96 Å². The van der Waals surface area contributed by atoms with Crippen LogP contribution in [0.2, 0.25) is 0 Å². The summed E-state index contributed by atoms with van der Waals surface area (Å²) < 4.78 is 5.39. The first-order chi connectivity index (χ1) is 11.1. The van der Waals surface area contributed by atoms with Gasteiger partial charge in [-0.15, -0.1) is 0 Å². The Morgan fingerprint density at radius 3 is 2.65 bits per heavy atom. The van der Waals surface area contributed by atoms with Gasteiger partial charge in [-0.05, 0) is 25.0 Å². The Labute approximate surface area is 138 Å². The second-order valence-corrected chi connectivity index (χ2v) is 5.27. The Morgan fingerprint density at radius 2 is 2.00 bits per heavy atom. The molecular weight excluding hydrogens is 292 g/mol. The van der Waals surface area contributed by atoms with E-state index in [4.69, 9.17) is 4.74 Å². The number of carbonyl (C=O) groups is 1. The number of nitrogens with zero attached hydrogens (tertiary/aromatic N) is 1. The first kappa shape index (κ1) is 18.8. The summed E-state index contributed by atoms with van der Waals surface area (Å²) in [6, 6.07) is 6.09. The Balaban J connectivity index is 2.41. The van der Waals surface area contributed by atoms with Gasteiger partial charge in [0.25, 0.3) is 0 Å². The van der Waals surface area contributed by atoms with Gasteiger partial charge in [0.1, 0.15) is 5.75 Å². The molecule has 0 atom stereocenters. The van der Waals surface area contributed by atoms with E-state index in [-0.39, 0.29) is 5.91 Å². The molecule has 0 bridgehead atoms. The van der Waals surface area contributed by atoms with E-state index in [0.717, 1.165) is 29.8 Å². The molecule has 0 saturated heterocycles. The average Bonchev–Trinajstić information content (AvgIpc) is 2.56. The van der Waals surface area contributed by atoms with Gasteiger partial charge in [-0.3, -0.25) is 9.79 Å². The molecule has 0 radical (unpaired) electrons. The van der Waals surface area contributed by atoms with Gasteiger partial charge in [0.2, 0.25) is 5.91 Å². The highest BCUT2D eigenvalue weighted by molar-refractivity contribution is 5.81. The number of amides is 1. The summed E-state index contributed by atoms with van der Waals surface area (Å²) in [7, 11) is 3.37. The minimum Gasteiger partial charge on any atom is -0.496 e. The van der Waals surface area contributed by atoms with Crippen molar-refractivity contribution in [3.05, 3.63) is 29.3 Å². The quantitative estimate of drug-likeness (QED) is 0.502. The van der Waals surface area contributed by atoms with Crippen LogP contribution >= 0.6 is 0 Å². The molecular formula is C17H28N4O2. The fourth-order valence-corrected chi connectivity index (χ4v) is 2.04. The number of hydrogen-bond donors (Lipinski definition) is 3. The molecule has 23 heavy (non-hydrogen) atoms. The van der Waals surface area contributed by atoms with Crippen LogP contribution in [0.25, 0.3) is 0 Å². The van der Waals surface area contributed by atoms with Crippen molar-refractivity contribution in [2.75, 3.05) is 27.2 Å². The summed E-state index contributed by atoms with van der Waals surface area (Å²) in [6.07, 6.45) is 1.37. The Morgan fingerprint density at radius 1 is 1.22 bits per heavy atom. The molecule has 0 aliphatic rings. The van der Waals surface area contributed by atoms with Crippen LogP contribution in [0.5, 0.6) is 5.75 Å². The first-order valence-corrected chi connectivity index (χ1v) is 7.95. The van der Waals surface area contributed by atoms with Gasteiger partial charge < -0.3 is 20.7 Å². The summed E-state index contributed by atoms with van der Waals surface area (Å²) in [4.78, 5) is 15.7. The van der Waals surface area contributed by atoms with Crippen LogP contribution in [0.1, 0.15) is 30.9 Å². The van der Waals surface area contributed by atoms with Crippen molar-refractivity contribution in [1.82, 2.24) is 16.0 Å². The van der Waals surface area contributed by atoms with Crippen molar-refractivity contribution >= 4 is 11.9 Å². The van der Waals surface area contributed by atoms with Gasteiger partial charge in [-0.2, -0.15) is 0 Å². The van der Waals surface area contributed by atoms with Gasteiger partial charge in [0, 0.05) is 38.7 Å². The van der Waals surface area contributed by atoms with E-state index in [1.165, 1.54) is 0 Å². The highest BCUT2D eigenvalue weighted by atomic mass is 16.5. The Bertz CT molecular complexity index is 529. The number of aliphatic imine (C=N–C) groups is 1. The number of benzene rings is 1. The summed E-state index contributed by atoms with van der Waals surface area (Å²) in [5, 5.41) is 9.20.